The Balaban J connectivity index is 2.58. The lowest BCUT2D eigenvalue weighted by molar-refractivity contribution is -0.305. The van der Waals surface area contributed by atoms with Crippen LogP contribution in [0.5, 0.6) is 0 Å². The van der Waals surface area contributed by atoms with Gasteiger partial charge in [-0.3, -0.25) is 9.59 Å². The summed E-state index contributed by atoms with van der Waals surface area (Å²) in [4.78, 5) is 26.5. The van der Waals surface area contributed by atoms with Gasteiger partial charge < -0.3 is 45.1 Å². The molecule has 0 saturated carbocycles. The Bertz CT molecular complexity index is 1710. The summed E-state index contributed by atoms with van der Waals surface area (Å²) in [6.45, 7) is 5.56. The number of amides is 1. The molecule has 1 aliphatic rings. The topological polar surface area (TPSA) is 175 Å². The van der Waals surface area contributed by atoms with E-state index in [1.807, 2.05) is 60.8 Å². The molecule has 0 aromatic carbocycles. The van der Waals surface area contributed by atoms with E-state index in [1.54, 1.807) is 6.08 Å². The number of carbonyl (C=O) groups is 2. The Morgan fingerprint density at radius 2 is 0.950 bits per heavy atom. The lowest BCUT2D eigenvalue weighted by atomic mass is 9.99. The fourth-order valence-electron chi connectivity index (χ4n) is 9.45. The van der Waals surface area contributed by atoms with Crippen molar-refractivity contribution in [3.63, 3.8) is 0 Å². The zero-order valence-electron chi connectivity index (χ0n) is 50.7. The molecule has 11 heteroatoms. The normalized spacial score (nSPS) is 19.5. The summed E-state index contributed by atoms with van der Waals surface area (Å²) < 4.78 is 17.6. The first-order valence-electron chi connectivity index (χ1n) is 32.2. The van der Waals surface area contributed by atoms with E-state index in [2.05, 4.69) is 68.6 Å². The molecule has 1 heterocycles. The van der Waals surface area contributed by atoms with Crippen molar-refractivity contribution >= 4 is 11.9 Å². The Morgan fingerprint density at radius 3 is 1.46 bits per heavy atom. The molecule has 80 heavy (non-hydrogen) atoms. The molecular formula is C69H117NO10. The van der Waals surface area contributed by atoms with Gasteiger partial charge in [0.25, 0.3) is 0 Å². The van der Waals surface area contributed by atoms with E-state index in [0.29, 0.717) is 12.8 Å². The van der Waals surface area contributed by atoms with Gasteiger partial charge in [0.15, 0.2) is 12.4 Å². The van der Waals surface area contributed by atoms with Crippen LogP contribution in [0.4, 0.5) is 0 Å². The van der Waals surface area contributed by atoms with Gasteiger partial charge in [0.05, 0.1) is 25.4 Å². The molecule has 11 nitrogen and oxygen atoms in total. The van der Waals surface area contributed by atoms with Crippen LogP contribution in [-0.2, 0) is 23.8 Å². The van der Waals surface area contributed by atoms with E-state index in [0.717, 1.165) is 64.2 Å². The van der Waals surface area contributed by atoms with Gasteiger partial charge in [0, 0.05) is 6.42 Å². The van der Waals surface area contributed by atoms with Gasteiger partial charge in [-0.25, -0.2) is 0 Å². The molecule has 1 fully saturated rings. The smallest absolute Gasteiger partial charge is 0.306 e. The van der Waals surface area contributed by atoms with Gasteiger partial charge in [-0.1, -0.05) is 278 Å². The van der Waals surface area contributed by atoms with Crippen LogP contribution in [-0.4, -0.2) is 99.6 Å². The number of carbonyl (C=O) groups excluding carboxylic acids is 2. The lowest BCUT2D eigenvalue weighted by Gasteiger charge is -2.41. The molecule has 8 atom stereocenters. The third kappa shape index (κ3) is 43.1. The number of rotatable bonds is 53. The first kappa shape index (κ1) is 74.3. The number of esters is 1. The fourth-order valence-corrected chi connectivity index (χ4v) is 9.45. The SMILES string of the molecule is CC/C=C/C=C/C=C\C=C/C=C/CCC(O)C(=O)NC(COC1OC(CO)C(O)C(O)C1OC(=O)CCCCCCCCCCCCCCCC/C=C\C/C=C\C/C=C\CCCCC)C(O)/C=C/CCCCCCCCCCCC. The highest BCUT2D eigenvalue weighted by atomic mass is 16.7. The highest BCUT2D eigenvalue weighted by molar-refractivity contribution is 5.80. The summed E-state index contributed by atoms with van der Waals surface area (Å²) in [6, 6.07) is -1.07. The number of hydrogen-bond acceptors (Lipinski definition) is 10. The first-order chi connectivity index (χ1) is 39.2. The number of allylic oxidation sites excluding steroid dienone is 17. The number of unbranched alkanes of at least 4 members (excludes halogenated alkanes) is 27. The predicted octanol–water partition coefficient (Wildman–Crippen LogP) is 15.7. The minimum absolute atomic E-state index is 0.109. The summed E-state index contributed by atoms with van der Waals surface area (Å²) in [6.07, 6.45) is 65.9. The van der Waals surface area contributed by atoms with Crippen LogP contribution >= 0.6 is 0 Å². The minimum atomic E-state index is -1.63. The van der Waals surface area contributed by atoms with Gasteiger partial charge in [0.2, 0.25) is 5.91 Å². The number of hydrogen-bond donors (Lipinski definition) is 6. The largest absolute Gasteiger partial charge is 0.454 e. The molecule has 1 aliphatic heterocycles. The zero-order valence-corrected chi connectivity index (χ0v) is 50.7. The monoisotopic (exact) mass is 1120 g/mol. The summed E-state index contributed by atoms with van der Waals surface area (Å²) in [5, 5.41) is 56.8. The molecule has 0 radical (unpaired) electrons. The molecule has 0 aromatic rings. The molecule has 1 saturated heterocycles. The van der Waals surface area contributed by atoms with Gasteiger partial charge in [0.1, 0.15) is 24.4 Å². The predicted molar refractivity (Wildman–Crippen MR) is 333 cm³/mol. The van der Waals surface area contributed by atoms with Crippen LogP contribution in [0.25, 0.3) is 0 Å². The molecule has 1 amide bonds. The summed E-state index contributed by atoms with van der Waals surface area (Å²) >= 11 is 0. The second-order valence-corrected chi connectivity index (χ2v) is 21.9. The van der Waals surface area contributed by atoms with Gasteiger partial charge in [-0.2, -0.15) is 0 Å². The fraction of sp³-hybridized carbons (Fsp3) is 0.710. The Labute approximate surface area is 488 Å². The Morgan fingerprint density at radius 1 is 0.512 bits per heavy atom. The first-order valence-corrected chi connectivity index (χ1v) is 32.2. The van der Waals surface area contributed by atoms with Crippen molar-refractivity contribution in [2.24, 2.45) is 0 Å². The zero-order chi connectivity index (χ0) is 58.2. The van der Waals surface area contributed by atoms with Crippen LogP contribution in [0.1, 0.15) is 252 Å². The maximum Gasteiger partial charge on any atom is 0.306 e. The Hall–Kier alpha value is -3.68. The summed E-state index contributed by atoms with van der Waals surface area (Å²) in [7, 11) is 0. The quantitative estimate of drug-likeness (QED) is 0.0149. The lowest BCUT2D eigenvalue weighted by Crippen LogP contribution is -2.61. The van der Waals surface area contributed by atoms with Crippen LogP contribution < -0.4 is 5.32 Å². The number of nitrogens with one attached hydrogen (secondary N) is 1. The average molecular weight is 1120 g/mol. The van der Waals surface area contributed by atoms with E-state index < -0.39 is 67.4 Å². The summed E-state index contributed by atoms with van der Waals surface area (Å²) in [5.41, 5.74) is 0. The van der Waals surface area contributed by atoms with Crippen molar-refractivity contribution in [3.8, 4) is 0 Å². The van der Waals surface area contributed by atoms with Crippen LogP contribution in [0.15, 0.2) is 109 Å². The maximum absolute atomic E-state index is 13.3. The number of aliphatic hydroxyl groups is 5. The summed E-state index contributed by atoms with van der Waals surface area (Å²) in [5.74, 6) is -1.28. The van der Waals surface area contributed by atoms with Crippen molar-refractivity contribution in [3.05, 3.63) is 109 Å². The molecular weight excluding hydrogens is 1000 g/mol. The molecule has 0 aromatic heterocycles. The Kier molecular flexibility index (Phi) is 51.9. The third-order valence-electron chi connectivity index (χ3n) is 14.5. The highest BCUT2D eigenvalue weighted by Gasteiger charge is 2.47. The minimum Gasteiger partial charge on any atom is -0.454 e. The van der Waals surface area contributed by atoms with E-state index in [4.69, 9.17) is 14.2 Å². The number of ether oxygens (including phenoxy) is 3. The second-order valence-electron chi connectivity index (χ2n) is 21.9. The molecule has 0 bridgehead atoms. The molecule has 458 valence electrons. The van der Waals surface area contributed by atoms with Crippen molar-refractivity contribution in [2.45, 2.75) is 301 Å². The van der Waals surface area contributed by atoms with Crippen molar-refractivity contribution < 1.29 is 49.3 Å². The average Bonchev–Trinajstić information content (AvgIpc) is 3.46. The van der Waals surface area contributed by atoms with E-state index in [-0.39, 0.29) is 19.4 Å². The van der Waals surface area contributed by atoms with Crippen LogP contribution in [0.3, 0.4) is 0 Å². The highest BCUT2D eigenvalue weighted by Crippen LogP contribution is 2.26. The third-order valence-corrected chi connectivity index (χ3v) is 14.5. The molecule has 0 aliphatic carbocycles. The van der Waals surface area contributed by atoms with E-state index >= 15 is 0 Å². The number of aliphatic hydroxyl groups excluding tert-OH is 5. The molecule has 1 rings (SSSR count). The van der Waals surface area contributed by atoms with Crippen molar-refractivity contribution in [2.75, 3.05) is 13.2 Å². The van der Waals surface area contributed by atoms with E-state index in [1.165, 1.54) is 141 Å². The standard InChI is InChI=1S/C69H117NO10/c1-4-7-10-13-16-19-22-25-26-27-28-29-30-31-32-33-34-35-36-37-38-39-42-45-48-51-54-57-64(74)80-67-66(76)65(75)63(58-71)79-69(67)78-59-60(61(72)55-52-49-46-43-40-23-20-17-14-11-8-5-2)70-68(77)62(73)56-53-50-47-44-41-24-21-18-15-12-9-6-3/h9,12,15-16,18-19,21,24-26,28-29,41,44,47,50,52,55,60-63,65-67,69,71-73,75-76H,4-8,10-11,13-14,17,20,22-23,27,30-40,42-43,45-46,48-49,51,53-54,56-59H2,1-3H3,(H,70,77)/b12-9+,18-15+,19-16-,24-21-,26-25-,29-28-,44-41-,50-47+,55-52+. The molecule has 8 unspecified atom stereocenters. The molecule has 6 N–H and O–H groups in total. The second kappa shape index (κ2) is 55.8. The van der Waals surface area contributed by atoms with Gasteiger partial charge >= 0.3 is 5.97 Å². The maximum atomic E-state index is 13.3. The van der Waals surface area contributed by atoms with Gasteiger partial charge in [-0.15, -0.1) is 0 Å². The van der Waals surface area contributed by atoms with Crippen LogP contribution in [0, 0.1) is 0 Å². The van der Waals surface area contributed by atoms with Crippen molar-refractivity contribution in [1.29, 1.82) is 0 Å². The molecule has 0 spiro atoms. The van der Waals surface area contributed by atoms with E-state index in [9.17, 15) is 35.1 Å². The van der Waals surface area contributed by atoms with Crippen LogP contribution in [0.2, 0.25) is 0 Å². The van der Waals surface area contributed by atoms with Gasteiger partial charge in [-0.05, 0) is 77.0 Å². The van der Waals surface area contributed by atoms with Crippen molar-refractivity contribution in [1.82, 2.24) is 5.32 Å².